The summed E-state index contributed by atoms with van der Waals surface area (Å²) in [6, 6.07) is 0. The van der Waals surface area contributed by atoms with Crippen LogP contribution in [0.3, 0.4) is 0 Å². The second-order valence-electron chi connectivity index (χ2n) is 0. The van der Waals surface area contributed by atoms with Crippen molar-refractivity contribution in [2.24, 2.45) is 0 Å². The molecule has 0 aromatic heterocycles. The van der Waals surface area contributed by atoms with Crippen LogP contribution in [0.25, 0.3) is 0 Å². The molecule has 44 valence electrons. The summed E-state index contributed by atoms with van der Waals surface area (Å²) in [7, 11) is 0. The zero-order valence-corrected chi connectivity index (χ0v) is 12.6. The third-order valence-corrected chi connectivity index (χ3v) is 0. The molecule has 0 aliphatic carbocycles. The summed E-state index contributed by atoms with van der Waals surface area (Å²) in [6.07, 6.45) is 0. The van der Waals surface area contributed by atoms with Crippen molar-refractivity contribution in [2.75, 3.05) is 0 Å². The molecular weight excluding hydrogens is 449 g/mol. The van der Waals surface area contributed by atoms with Crippen LogP contribution in [-0.4, -0.2) is 37.7 Å². The van der Waals surface area contributed by atoms with E-state index in [0.717, 1.165) is 0 Å². The third kappa shape index (κ3) is 64.1. The van der Waals surface area contributed by atoms with Crippen molar-refractivity contribution in [3.05, 3.63) is 0 Å². The van der Waals surface area contributed by atoms with E-state index >= 15 is 0 Å². The second kappa shape index (κ2) is 90.2. The topological polar surface area (TPSA) is 142 Å². The molecule has 0 aliphatic rings. The van der Waals surface area contributed by atoms with Crippen molar-refractivity contribution in [1.82, 2.24) is 0 Å². The number of hydrogen-bond acceptors (Lipinski definition) is 0. The molecule has 0 radical (unpaired) electrons. The van der Waals surface area contributed by atoms with Crippen LogP contribution < -0.4 is 0 Å². The number of rotatable bonds is 0. The van der Waals surface area contributed by atoms with E-state index in [9.17, 15) is 0 Å². The first-order valence-electron chi connectivity index (χ1n) is 0. The molecule has 0 saturated carbocycles. The van der Waals surface area contributed by atoms with Crippen LogP contribution in [0.4, 0.5) is 0 Å². The summed E-state index contributed by atoms with van der Waals surface area (Å²) in [5.41, 5.74) is 0. The average molecular weight is 449 g/mol. The molecule has 0 atom stereocenters. The molecule has 0 amide bonds. The van der Waals surface area contributed by atoms with E-state index < -0.39 is 0 Å². The quantitative estimate of drug-likeness (QED) is 0.419. The molecule has 0 fully saturated rings. The van der Waals surface area contributed by atoms with Crippen LogP contribution in [0, 0.1) is 31.1 Å². The van der Waals surface area contributed by atoms with Crippen LogP contribution in [-0.2, 0) is 53.6 Å². The summed E-state index contributed by atoms with van der Waals surface area (Å²) < 4.78 is 0. The molecule has 0 aliphatic heterocycles. The van der Waals surface area contributed by atoms with Gasteiger partial charge in [0, 0.05) is 31.1 Å². The Morgan fingerprint density at radius 2 is 0.500 bits per heavy atom. The van der Waals surface area contributed by atoms with Gasteiger partial charge in [-0.1, -0.05) is 0 Å². The van der Waals surface area contributed by atoms with Crippen molar-refractivity contribution in [1.29, 1.82) is 0 Å². The molecular formula is CaO5UZr-4. The van der Waals surface area contributed by atoms with Crippen LogP contribution >= 0.6 is 0 Å². The molecule has 0 aromatic carbocycles. The Morgan fingerprint density at radius 1 is 0.500 bits per heavy atom. The molecule has 0 N–H and O–H groups in total. The Hall–Kier alpha value is 2.99. The fraction of sp³-hybridized carbons (Fsp3) is 0. The fourth-order valence-electron chi connectivity index (χ4n) is 0. The molecule has 8 heavy (non-hydrogen) atoms. The summed E-state index contributed by atoms with van der Waals surface area (Å²) in [5.74, 6) is 0. The van der Waals surface area contributed by atoms with Gasteiger partial charge in [-0.25, -0.2) is 0 Å². The summed E-state index contributed by atoms with van der Waals surface area (Å²) >= 11 is 0. The first kappa shape index (κ1) is 122. The molecule has 0 heterocycles. The van der Waals surface area contributed by atoms with Gasteiger partial charge in [-0.2, -0.15) is 0 Å². The average Bonchev–Trinajstić information content (AvgIpc) is 0. The van der Waals surface area contributed by atoms with E-state index in [1.165, 1.54) is 0 Å². The van der Waals surface area contributed by atoms with E-state index in [1.54, 1.807) is 0 Å². The zero-order chi connectivity index (χ0) is 0. The van der Waals surface area contributed by atoms with Crippen molar-refractivity contribution >= 4 is 37.7 Å². The number of hydrogen-bond donors (Lipinski definition) is 0. The maximum Gasteiger partial charge on any atom is 4.00 e. The molecule has 0 saturated heterocycles. The van der Waals surface area contributed by atoms with Gasteiger partial charge < -0.3 is 27.4 Å². The van der Waals surface area contributed by atoms with Crippen LogP contribution in [0.1, 0.15) is 0 Å². The fourth-order valence-corrected chi connectivity index (χ4v) is 0. The maximum atomic E-state index is 0. The normalized spacial score (nSPS) is 0. The van der Waals surface area contributed by atoms with E-state index in [4.69, 9.17) is 0 Å². The van der Waals surface area contributed by atoms with Gasteiger partial charge in [0.2, 0.25) is 0 Å². The minimum Gasteiger partial charge on any atom is -2.00 e. The summed E-state index contributed by atoms with van der Waals surface area (Å²) in [6.45, 7) is 0. The SMILES string of the molecule is [Ca+2].[O-2].[O-2].[O-2].[O-2].[O-2].[U].[Zr+4]. The molecule has 0 aromatic rings. The van der Waals surface area contributed by atoms with E-state index in [2.05, 4.69) is 0 Å². The molecule has 5 nitrogen and oxygen atoms in total. The van der Waals surface area contributed by atoms with Crippen molar-refractivity contribution < 1.29 is 84.7 Å². The van der Waals surface area contributed by atoms with Crippen LogP contribution in [0.2, 0.25) is 0 Å². The third-order valence-electron chi connectivity index (χ3n) is 0. The minimum atomic E-state index is 0. The predicted molar refractivity (Wildman–Crippen MR) is 9.19 cm³/mol. The van der Waals surface area contributed by atoms with Gasteiger partial charge in [-0.15, -0.1) is 0 Å². The maximum absolute atomic E-state index is 0. The molecule has 0 bridgehead atoms. The van der Waals surface area contributed by atoms with Gasteiger partial charge in [0.15, 0.2) is 0 Å². The summed E-state index contributed by atoms with van der Waals surface area (Å²) in [4.78, 5) is 0. The monoisotopic (exact) mass is 448 g/mol. The minimum absolute atomic E-state index is 0. The van der Waals surface area contributed by atoms with Gasteiger partial charge >= 0.3 is 63.9 Å². The first-order valence-corrected chi connectivity index (χ1v) is 0. The molecule has 8 heteroatoms. The smallest absolute Gasteiger partial charge is 2.00 e. The summed E-state index contributed by atoms with van der Waals surface area (Å²) in [5, 5.41) is 0. The Balaban J connectivity index is 0. The first-order chi connectivity index (χ1) is 0. The Bertz CT molecular complexity index is 12.4. The zero-order valence-electron chi connectivity index (χ0n) is 3.75. The van der Waals surface area contributed by atoms with Gasteiger partial charge in [0.1, 0.15) is 0 Å². The van der Waals surface area contributed by atoms with Crippen LogP contribution in [0.5, 0.6) is 0 Å². The van der Waals surface area contributed by atoms with Crippen molar-refractivity contribution in [2.45, 2.75) is 0 Å². The second-order valence-corrected chi connectivity index (χ2v) is 0. The van der Waals surface area contributed by atoms with E-state index in [0.29, 0.717) is 0 Å². The van der Waals surface area contributed by atoms with E-state index in [1.807, 2.05) is 0 Å². The van der Waals surface area contributed by atoms with E-state index in [-0.39, 0.29) is 122 Å². The predicted octanol–water partition coefficient (Wildman–Crippen LogP) is -0.977. The Kier molecular flexibility index (Phi) is 1380. The largest absolute Gasteiger partial charge is 4.00 e. The van der Waals surface area contributed by atoms with Gasteiger partial charge in [-0.05, 0) is 0 Å². The van der Waals surface area contributed by atoms with Crippen LogP contribution in [0.15, 0.2) is 0 Å². The molecule has 0 rings (SSSR count). The van der Waals surface area contributed by atoms with Crippen molar-refractivity contribution in [3.63, 3.8) is 0 Å². The standard InChI is InChI=1S/Ca.5O.U.Zr/q+2;5*-2;;+4. The van der Waals surface area contributed by atoms with Gasteiger partial charge in [-0.3, -0.25) is 0 Å². The Morgan fingerprint density at radius 3 is 0.500 bits per heavy atom. The van der Waals surface area contributed by atoms with Crippen molar-refractivity contribution in [3.8, 4) is 0 Å². The van der Waals surface area contributed by atoms with Gasteiger partial charge in [0.05, 0.1) is 0 Å². The molecule has 0 unspecified atom stereocenters. The molecule has 0 spiro atoms. The Labute approximate surface area is 120 Å². The van der Waals surface area contributed by atoms with Gasteiger partial charge in [0.25, 0.3) is 0 Å².